The van der Waals surface area contributed by atoms with Gasteiger partial charge in [-0.25, -0.2) is 13.4 Å². The Morgan fingerprint density at radius 1 is 1.12 bits per heavy atom. The monoisotopic (exact) mass is 365 g/mol. The van der Waals surface area contributed by atoms with Gasteiger partial charge >= 0.3 is 0 Å². The van der Waals surface area contributed by atoms with E-state index >= 15 is 0 Å². The SMILES string of the molecule is O=[N+]([O-])c1ccccc1Sc1ccc(S(=O)(=O)N2CCCC2)cn1. The van der Waals surface area contributed by atoms with Crippen molar-refractivity contribution in [1.29, 1.82) is 0 Å². The van der Waals surface area contributed by atoms with Gasteiger partial charge in [-0.05, 0) is 31.0 Å². The number of rotatable bonds is 5. The van der Waals surface area contributed by atoms with Crippen molar-refractivity contribution in [2.75, 3.05) is 13.1 Å². The molecule has 9 heteroatoms. The van der Waals surface area contributed by atoms with Gasteiger partial charge in [0.1, 0.15) is 9.92 Å². The van der Waals surface area contributed by atoms with Crippen LogP contribution in [0.4, 0.5) is 5.69 Å². The molecule has 0 atom stereocenters. The molecule has 0 radical (unpaired) electrons. The zero-order valence-electron chi connectivity index (χ0n) is 12.7. The molecule has 1 aliphatic heterocycles. The Hall–Kier alpha value is -1.97. The number of para-hydroxylation sites is 1. The minimum atomic E-state index is -3.50. The van der Waals surface area contributed by atoms with Crippen LogP contribution in [0, 0.1) is 10.1 Å². The van der Waals surface area contributed by atoms with E-state index < -0.39 is 14.9 Å². The predicted molar refractivity (Wildman–Crippen MR) is 89.4 cm³/mol. The molecule has 3 rings (SSSR count). The normalized spacial score (nSPS) is 15.5. The van der Waals surface area contributed by atoms with Crippen molar-refractivity contribution in [2.45, 2.75) is 27.7 Å². The second-order valence-corrected chi connectivity index (χ2v) is 8.27. The molecule has 1 aliphatic rings. The molecule has 0 saturated carbocycles. The maximum Gasteiger partial charge on any atom is 0.283 e. The van der Waals surface area contributed by atoms with Crippen molar-refractivity contribution < 1.29 is 13.3 Å². The molecule has 24 heavy (non-hydrogen) atoms. The number of aromatic nitrogens is 1. The summed E-state index contributed by atoms with van der Waals surface area (Å²) in [6.45, 7) is 1.07. The number of nitro benzene ring substituents is 1. The fraction of sp³-hybridized carbons (Fsp3) is 0.267. The molecular weight excluding hydrogens is 350 g/mol. The van der Waals surface area contributed by atoms with Gasteiger partial charge in [-0.15, -0.1) is 0 Å². The van der Waals surface area contributed by atoms with Crippen molar-refractivity contribution in [3.8, 4) is 0 Å². The molecule has 7 nitrogen and oxygen atoms in total. The van der Waals surface area contributed by atoms with Gasteiger partial charge in [-0.2, -0.15) is 4.31 Å². The van der Waals surface area contributed by atoms with E-state index in [1.165, 1.54) is 22.6 Å². The fourth-order valence-corrected chi connectivity index (χ4v) is 4.79. The van der Waals surface area contributed by atoms with Gasteiger partial charge in [0.05, 0.1) is 9.82 Å². The first kappa shape index (κ1) is 16.9. The van der Waals surface area contributed by atoms with Crippen molar-refractivity contribution in [3.05, 3.63) is 52.7 Å². The highest BCUT2D eigenvalue weighted by Crippen LogP contribution is 2.33. The summed E-state index contributed by atoms with van der Waals surface area (Å²) >= 11 is 1.13. The molecular formula is C15H15N3O4S2. The highest BCUT2D eigenvalue weighted by atomic mass is 32.2. The number of nitrogens with zero attached hydrogens (tertiary/aromatic N) is 3. The zero-order chi connectivity index (χ0) is 17.2. The topological polar surface area (TPSA) is 93.4 Å². The largest absolute Gasteiger partial charge is 0.283 e. The zero-order valence-corrected chi connectivity index (χ0v) is 14.3. The maximum absolute atomic E-state index is 12.4. The van der Waals surface area contributed by atoms with E-state index in [4.69, 9.17) is 0 Å². The molecule has 0 N–H and O–H groups in total. The van der Waals surface area contributed by atoms with Crippen molar-refractivity contribution in [3.63, 3.8) is 0 Å². The summed E-state index contributed by atoms with van der Waals surface area (Å²) in [6.07, 6.45) is 3.06. The minimum absolute atomic E-state index is 0.00179. The van der Waals surface area contributed by atoms with E-state index in [0.29, 0.717) is 23.0 Å². The first-order valence-corrected chi connectivity index (χ1v) is 9.61. The Morgan fingerprint density at radius 2 is 1.83 bits per heavy atom. The van der Waals surface area contributed by atoms with Crippen LogP contribution in [0.15, 0.2) is 57.4 Å². The first-order chi connectivity index (χ1) is 11.5. The summed E-state index contributed by atoms with van der Waals surface area (Å²) < 4.78 is 26.3. The molecule has 0 bridgehead atoms. The lowest BCUT2D eigenvalue weighted by molar-refractivity contribution is -0.387. The van der Waals surface area contributed by atoms with Crippen LogP contribution < -0.4 is 0 Å². The Labute approximate surface area is 143 Å². The Balaban J connectivity index is 1.82. The predicted octanol–water partition coefficient (Wildman–Crippen LogP) is 2.93. The highest BCUT2D eigenvalue weighted by molar-refractivity contribution is 7.99. The number of hydrogen-bond donors (Lipinski definition) is 0. The average Bonchev–Trinajstić information content (AvgIpc) is 3.11. The Morgan fingerprint density at radius 3 is 2.46 bits per heavy atom. The molecule has 0 amide bonds. The smallest absolute Gasteiger partial charge is 0.258 e. The summed E-state index contributed by atoms with van der Waals surface area (Å²) in [5.41, 5.74) is -0.00179. The Kier molecular flexibility index (Phi) is 4.83. The molecule has 2 heterocycles. The van der Waals surface area contributed by atoms with E-state index in [9.17, 15) is 18.5 Å². The third-order valence-corrected chi connectivity index (χ3v) is 6.59. The summed E-state index contributed by atoms with van der Waals surface area (Å²) in [5, 5.41) is 11.5. The molecule has 1 saturated heterocycles. The van der Waals surface area contributed by atoms with E-state index in [1.807, 2.05) is 0 Å². The fourth-order valence-electron chi connectivity index (χ4n) is 2.46. The van der Waals surface area contributed by atoms with E-state index in [2.05, 4.69) is 4.98 Å². The molecule has 1 aromatic heterocycles. The van der Waals surface area contributed by atoms with Crippen LogP contribution in [-0.4, -0.2) is 35.7 Å². The maximum atomic E-state index is 12.4. The van der Waals surface area contributed by atoms with Crippen molar-refractivity contribution >= 4 is 27.5 Å². The first-order valence-electron chi connectivity index (χ1n) is 7.36. The third-order valence-electron chi connectivity index (χ3n) is 3.69. The van der Waals surface area contributed by atoms with Crippen molar-refractivity contribution in [2.24, 2.45) is 0 Å². The van der Waals surface area contributed by atoms with Crippen LogP contribution in [0.2, 0.25) is 0 Å². The Bertz CT molecular complexity index is 847. The summed E-state index contributed by atoms with van der Waals surface area (Å²) in [7, 11) is -3.50. The molecule has 0 unspecified atom stereocenters. The van der Waals surface area contributed by atoms with Crippen LogP contribution in [0.5, 0.6) is 0 Å². The number of benzene rings is 1. The summed E-state index contributed by atoms with van der Waals surface area (Å²) in [4.78, 5) is 15.3. The van der Waals surface area contributed by atoms with Gasteiger partial charge in [0.15, 0.2) is 0 Å². The standard InChI is InChI=1S/C15H15N3O4S2/c19-18(20)13-5-1-2-6-14(13)23-15-8-7-12(11-16-15)24(21,22)17-9-3-4-10-17/h1-2,5-8,11H,3-4,9-10H2. The van der Waals surface area contributed by atoms with Gasteiger partial charge < -0.3 is 0 Å². The van der Waals surface area contributed by atoms with Crippen LogP contribution in [0.3, 0.4) is 0 Å². The third kappa shape index (κ3) is 3.42. The minimum Gasteiger partial charge on any atom is -0.258 e. The highest BCUT2D eigenvalue weighted by Gasteiger charge is 2.27. The second-order valence-electron chi connectivity index (χ2n) is 5.27. The number of nitro groups is 1. The number of sulfonamides is 1. The quantitative estimate of drug-likeness (QED) is 0.597. The van der Waals surface area contributed by atoms with Crippen LogP contribution in [0.1, 0.15) is 12.8 Å². The van der Waals surface area contributed by atoms with Crippen molar-refractivity contribution in [1.82, 2.24) is 9.29 Å². The average molecular weight is 365 g/mol. The van der Waals surface area contributed by atoms with Gasteiger partial charge in [-0.1, -0.05) is 23.9 Å². The van der Waals surface area contributed by atoms with Gasteiger partial charge in [-0.3, -0.25) is 10.1 Å². The van der Waals surface area contributed by atoms with Crippen LogP contribution in [-0.2, 0) is 10.0 Å². The molecule has 0 spiro atoms. The van der Waals surface area contributed by atoms with E-state index in [-0.39, 0.29) is 10.6 Å². The lowest BCUT2D eigenvalue weighted by Crippen LogP contribution is -2.27. The van der Waals surface area contributed by atoms with Gasteiger partial charge in [0, 0.05) is 25.4 Å². The van der Waals surface area contributed by atoms with E-state index in [1.54, 1.807) is 24.3 Å². The van der Waals surface area contributed by atoms with Gasteiger partial charge in [0.2, 0.25) is 10.0 Å². The lowest BCUT2D eigenvalue weighted by atomic mass is 10.3. The van der Waals surface area contributed by atoms with Crippen LogP contribution in [0.25, 0.3) is 0 Å². The summed E-state index contributed by atoms with van der Waals surface area (Å²) in [6, 6.07) is 9.44. The lowest BCUT2D eigenvalue weighted by Gasteiger charge is -2.15. The molecule has 1 fully saturated rings. The summed E-state index contributed by atoms with van der Waals surface area (Å²) in [5.74, 6) is 0. The number of pyridine rings is 1. The van der Waals surface area contributed by atoms with Gasteiger partial charge in [0.25, 0.3) is 5.69 Å². The second kappa shape index (κ2) is 6.88. The van der Waals surface area contributed by atoms with E-state index in [0.717, 1.165) is 24.6 Å². The molecule has 1 aromatic carbocycles. The number of hydrogen-bond acceptors (Lipinski definition) is 6. The van der Waals surface area contributed by atoms with Crippen LogP contribution >= 0.6 is 11.8 Å². The molecule has 2 aromatic rings. The molecule has 126 valence electrons. The molecule has 0 aliphatic carbocycles.